The summed E-state index contributed by atoms with van der Waals surface area (Å²) in [6.07, 6.45) is 2.08. The van der Waals surface area contributed by atoms with Crippen LogP contribution in [0.15, 0.2) is 48.7 Å². The van der Waals surface area contributed by atoms with Crippen molar-refractivity contribution in [3.8, 4) is 22.9 Å². The van der Waals surface area contributed by atoms with E-state index in [1.807, 2.05) is 13.0 Å². The number of hydrogen-bond acceptors (Lipinski definition) is 6. The molecule has 0 atom stereocenters. The molecule has 0 radical (unpaired) electrons. The molecule has 3 aromatic rings. The fraction of sp³-hybridized carbons (Fsp3) is 0.190. The van der Waals surface area contributed by atoms with Crippen LogP contribution in [0.5, 0.6) is 17.2 Å². The van der Waals surface area contributed by atoms with E-state index in [4.69, 9.17) is 21.1 Å². The minimum Gasteiger partial charge on any atom is -0.504 e. The summed E-state index contributed by atoms with van der Waals surface area (Å²) in [5.74, 6) is -1.14. The minimum absolute atomic E-state index is 0.144. The molecule has 3 N–H and O–H groups in total. The Balaban J connectivity index is 1.70. The van der Waals surface area contributed by atoms with Crippen LogP contribution >= 0.6 is 11.6 Å². The lowest BCUT2D eigenvalue weighted by Gasteiger charge is -2.14. The Kier molecular flexibility index (Phi) is 6.99. The van der Waals surface area contributed by atoms with E-state index in [9.17, 15) is 14.7 Å². The first-order valence-electron chi connectivity index (χ1n) is 9.39. The standard InChI is InChI=1S/C21H21ClN4O5/c1-3-9-31-19-15(22)10-13(11-17(19)30-2)20(28)23-24-21(29)18-16(27)12-26(25-18)14-7-5-4-6-8-14/h4-8,10-12,27H,3,9H2,1-2H3,(H,23,28)(H,24,29). The second-order valence-corrected chi connectivity index (χ2v) is 6.80. The summed E-state index contributed by atoms with van der Waals surface area (Å²) in [4.78, 5) is 24.8. The third kappa shape index (κ3) is 5.07. The maximum Gasteiger partial charge on any atom is 0.294 e. The van der Waals surface area contributed by atoms with Crippen LogP contribution in [0.2, 0.25) is 5.02 Å². The van der Waals surface area contributed by atoms with E-state index >= 15 is 0 Å². The molecule has 31 heavy (non-hydrogen) atoms. The van der Waals surface area contributed by atoms with Gasteiger partial charge in [0.25, 0.3) is 11.8 Å². The van der Waals surface area contributed by atoms with Crippen LogP contribution in [0.1, 0.15) is 34.2 Å². The Bertz CT molecular complexity index is 1080. The van der Waals surface area contributed by atoms with Crippen LogP contribution in [-0.4, -0.2) is 40.4 Å². The van der Waals surface area contributed by atoms with E-state index in [0.717, 1.165) is 6.42 Å². The Hall–Kier alpha value is -3.72. The van der Waals surface area contributed by atoms with Crippen molar-refractivity contribution < 1.29 is 24.2 Å². The molecule has 3 rings (SSSR count). The first-order chi connectivity index (χ1) is 14.9. The summed E-state index contributed by atoms with van der Waals surface area (Å²) in [6, 6.07) is 11.8. The van der Waals surface area contributed by atoms with E-state index in [1.165, 1.54) is 30.1 Å². The van der Waals surface area contributed by atoms with E-state index in [0.29, 0.717) is 18.0 Å². The van der Waals surface area contributed by atoms with Gasteiger partial charge in [0.1, 0.15) is 0 Å². The molecule has 0 unspecified atom stereocenters. The minimum atomic E-state index is -0.790. The molecule has 2 amide bonds. The molecule has 0 aliphatic carbocycles. The molecule has 1 aromatic heterocycles. The average Bonchev–Trinajstić information content (AvgIpc) is 3.18. The number of nitrogens with one attached hydrogen (secondary N) is 2. The van der Waals surface area contributed by atoms with Gasteiger partial charge in [-0.25, -0.2) is 4.68 Å². The number of para-hydroxylation sites is 1. The van der Waals surface area contributed by atoms with Crippen LogP contribution in [0.25, 0.3) is 5.69 Å². The number of ether oxygens (including phenoxy) is 2. The van der Waals surface area contributed by atoms with Gasteiger partial charge < -0.3 is 14.6 Å². The van der Waals surface area contributed by atoms with Crippen molar-refractivity contribution >= 4 is 23.4 Å². The first kappa shape index (κ1) is 22.0. The Morgan fingerprint density at radius 3 is 2.55 bits per heavy atom. The molecule has 0 bridgehead atoms. The number of benzene rings is 2. The molecule has 2 aromatic carbocycles. The number of methoxy groups -OCH3 is 1. The van der Waals surface area contributed by atoms with E-state index < -0.39 is 11.8 Å². The lowest BCUT2D eigenvalue weighted by Crippen LogP contribution is -2.41. The summed E-state index contributed by atoms with van der Waals surface area (Å²) < 4.78 is 12.2. The zero-order chi connectivity index (χ0) is 22.4. The second kappa shape index (κ2) is 9.86. The SMILES string of the molecule is CCCOc1c(Cl)cc(C(=O)NNC(=O)c2nn(-c3ccccc3)cc2O)cc1OC. The fourth-order valence-corrected chi connectivity index (χ4v) is 2.94. The van der Waals surface area contributed by atoms with Crippen LogP contribution in [-0.2, 0) is 0 Å². The smallest absolute Gasteiger partial charge is 0.294 e. The van der Waals surface area contributed by atoms with E-state index in [2.05, 4.69) is 16.0 Å². The second-order valence-electron chi connectivity index (χ2n) is 6.39. The largest absolute Gasteiger partial charge is 0.504 e. The van der Waals surface area contributed by atoms with Gasteiger partial charge in [0.15, 0.2) is 22.9 Å². The van der Waals surface area contributed by atoms with Gasteiger partial charge in [-0.05, 0) is 30.7 Å². The number of aromatic hydroxyl groups is 1. The highest BCUT2D eigenvalue weighted by atomic mass is 35.5. The van der Waals surface area contributed by atoms with Gasteiger partial charge in [0, 0.05) is 5.56 Å². The van der Waals surface area contributed by atoms with Crippen LogP contribution < -0.4 is 20.3 Å². The van der Waals surface area contributed by atoms with Crippen molar-refractivity contribution in [2.24, 2.45) is 0 Å². The Morgan fingerprint density at radius 1 is 1.16 bits per heavy atom. The zero-order valence-corrected chi connectivity index (χ0v) is 17.6. The molecule has 0 aliphatic heterocycles. The number of hydrazine groups is 1. The number of nitrogens with zero attached hydrogens (tertiary/aromatic N) is 2. The first-order valence-corrected chi connectivity index (χ1v) is 9.77. The van der Waals surface area contributed by atoms with Crippen LogP contribution in [0, 0.1) is 0 Å². The number of rotatable bonds is 7. The molecular weight excluding hydrogens is 424 g/mol. The molecule has 9 nitrogen and oxygen atoms in total. The lowest BCUT2D eigenvalue weighted by atomic mass is 10.2. The summed E-state index contributed by atoms with van der Waals surface area (Å²) in [5, 5.41) is 14.3. The predicted molar refractivity (Wildman–Crippen MR) is 114 cm³/mol. The van der Waals surface area contributed by atoms with Crippen LogP contribution in [0.3, 0.4) is 0 Å². The molecule has 0 saturated carbocycles. The summed E-state index contributed by atoms with van der Waals surface area (Å²) in [7, 11) is 1.43. The molecule has 0 aliphatic rings. The Labute approximate surface area is 183 Å². The number of amides is 2. The van der Waals surface area contributed by atoms with Gasteiger partial charge in [-0.3, -0.25) is 20.4 Å². The quantitative estimate of drug-likeness (QED) is 0.482. The van der Waals surface area contributed by atoms with Gasteiger partial charge in [-0.1, -0.05) is 36.7 Å². The highest BCUT2D eigenvalue weighted by molar-refractivity contribution is 6.32. The lowest BCUT2D eigenvalue weighted by molar-refractivity contribution is 0.0842. The van der Waals surface area contributed by atoms with Crippen molar-refractivity contribution in [3.05, 3.63) is 64.9 Å². The monoisotopic (exact) mass is 444 g/mol. The number of halogens is 1. The predicted octanol–water partition coefficient (Wildman–Crippen LogP) is 3.10. The normalized spacial score (nSPS) is 10.4. The highest BCUT2D eigenvalue weighted by Gasteiger charge is 2.20. The van der Waals surface area contributed by atoms with Gasteiger partial charge in [-0.15, -0.1) is 0 Å². The topological polar surface area (TPSA) is 115 Å². The van der Waals surface area contributed by atoms with Crippen molar-refractivity contribution in [1.82, 2.24) is 20.6 Å². The molecule has 1 heterocycles. The van der Waals surface area contributed by atoms with Gasteiger partial charge in [0.05, 0.1) is 30.6 Å². The fourth-order valence-electron chi connectivity index (χ4n) is 2.68. The average molecular weight is 445 g/mol. The number of hydrogen-bond donors (Lipinski definition) is 3. The molecule has 0 spiro atoms. The van der Waals surface area contributed by atoms with Crippen molar-refractivity contribution in [2.75, 3.05) is 13.7 Å². The zero-order valence-electron chi connectivity index (χ0n) is 16.9. The third-order valence-electron chi connectivity index (χ3n) is 4.16. The highest BCUT2D eigenvalue weighted by Crippen LogP contribution is 2.36. The van der Waals surface area contributed by atoms with Crippen LogP contribution in [0.4, 0.5) is 0 Å². The van der Waals surface area contributed by atoms with E-state index in [-0.39, 0.29) is 27.8 Å². The number of carbonyl (C=O) groups excluding carboxylic acids is 2. The molecule has 10 heteroatoms. The van der Waals surface area contributed by atoms with Gasteiger partial charge in [0.2, 0.25) is 0 Å². The number of aromatic nitrogens is 2. The maximum absolute atomic E-state index is 12.5. The molecule has 0 saturated heterocycles. The van der Waals surface area contributed by atoms with E-state index in [1.54, 1.807) is 24.3 Å². The van der Waals surface area contributed by atoms with Crippen molar-refractivity contribution in [2.45, 2.75) is 13.3 Å². The van der Waals surface area contributed by atoms with Gasteiger partial charge in [-0.2, -0.15) is 5.10 Å². The third-order valence-corrected chi connectivity index (χ3v) is 4.44. The number of carbonyl (C=O) groups is 2. The van der Waals surface area contributed by atoms with Crippen molar-refractivity contribution in [3.63, 3.8) is 0 Å². The molecule has 162 valence electrons. The molecule has 0 fully saturated rings. The Morgan fingerprint density at radius 2 is 1.87 bits per heavy atom. The maximum atomic E-state index is 12.5. The summed E-state index contributed by atoms with van der Waals surface area (Å²) in [5.41, 5.74) is 5.04. The van der Waals surface area contributed by atoms with Gasteiger partial charge >= 0.3 is 0 Å². The molecular formula is C21H21ClN4O5. The summed E-state index contributed by atoms with van der Waals surface area (Å²) in [6.45, 7) is 2.39. The summed E-state index contributed by atoms with van der Waals surface area (Å²) >= 11 is 6.22. The van der Waals surface area contributed by atoms with Crippen molar-refractivity contribution in [1.29, 1.82) is 0 Å².